The van der Waals surface area contributed by atoms with Crippen LogP contribution in [0.25, 0.3) is 0 Å². The van der Waals surface area contributed by atoms with Gasteiger partial charge in [-0.1, -0.05) is 42.5 Å². The summed E-state index contributed by atoms with van der Waals surface area (Å²) in [5.74, 6) is -0.391. The average molecular weight is 311 g/mol. The fraction of sp³-hybridized carbons (Fsp3) is 0.263. The molecule has 0 aliphatic heterocycles. The van der Waals surface area contributed by atoms with Gasteiger partial charge in [0.25, 0.3) is 5.91 Å². The van der Waals surface area contributed by atoms with Crippen LogP contribution in [0.5, 0.6) is 5.75 Å². The highest BCUT2D eigenvalue weighted by Gasteiger charge is 2.15. The molecule has 0 fully saturated rings. The average Bonchev–Trinajstić information content (AvgIpc) is 2.54. The number of carbonyl (C=O) groups is 2. The molecule has 0 aromatic heterocycles. The van der Waals surface area contributed by atoms with Crippen LogP contribution in [0.2, 0.25) is 0 Å². The maximum absolute atomic E-state index is 12.4. The molecule has 0 spiro atoms. The number of esters is 1. The molecule has 0 heterocycles. The molecule has 1 atom stereocenters. The Balaban J connectivity index is 1.94. The molecule has 2 rings (SSSR count). The van der Waals surface area contributed by atoms with Crippen molar-refractivity contribution in [3.05, 3.63) is 65.7 Å². The summed E-state index contributed by atoms with van der Waals surface area (Å²) in [4.78, 5) is 23.5. The second kappa shape index (κ2) is 8.13. The minimum absolute atomic E-state index is 0.0214. The quantitative estimate of drug-likeness (QED) is 0.657. The SMILES string of the molecule is CC(=O)Oc1ccccc1C(=O)N[C@@H](C)CCc1ccccc1. The zero-order valence-corrected chi connectivity index (χ0v) is 13.4. The highest BCUT2D eigenvalue weighted by molar-refractivity contribution is 5.97. The first kappa shape index (κ1) is 16.7. The summed E-state index contributed by atoms with van der Waals surface area (Å²) in [6, 6.07) is 16.9. The summed E-state index contributed by atoms with van der Waals surface area (Å²) in [5, 5.41) is 2.95. The topological polar surface area (TPSA) is 55.4 Å². The molecule has 0 saturated heterocycles. The molecule has 1 amide bonds. The number of nitrogens with one attached hydrogen (secondary N) is 1. The highest BCUT2D eigenvalue weighted by Crippen LogP contribution is 2.18. The van der Waals surface area contributed by atoms with Crippen LogP contribution in [-0.2, 0) is 11.2 Å². The van der Waals surface area contributed by atoms with Crippen LogP contribution in [0.3, 0.4) is 0 Å². The first-order chi connectivity index (χ1) is 11.1. The Bertz CT molecular complexity index is 667. The Morgan fingerprint density at radius 3 is 2.39 bits per heavy atom. The van der Waals surface area contributed by atoms with Gasteiger partial charge in [-0.05, 0) is 37.5 Å². The summed E-state index contributed by atoms with van der Waals surface area (Å²) in [6.45, 7) is 3.28. The molecule has 120 valence electrons. The number of hydrogen-bond acceptors (Lipinski definition) is 3. The van der Waals surface area contributed by atoms with Gasteiger partial charge < -0.3 is 10.1 Å². The van der Waals surface area contributed by atoms with Gasteiger partial charge in [0, 0.05) is 13.0 Å². The van der Waals surface area contributed by atoms with Crippen molar-refractivity contribution >= 4 is 11.9 Å². The molecule has 4 heteroatoms. The van der Waals surface area contributed by atoms with Gasteiger partial charge in [0.05, 0.1) is 5.56 Å². The minimum Gasteiger partial charge on any atom is -0.426 e. The fourth-order valence-corrected chi connectivity index (χ4v) is 2.30. The first-order valence-corrected chi connectivity index (χ1v) is 7.68. The number of para-hydroxylation sites is 1. The number of aryl methyl sites for hydroxylation is 1. The van der Waals surface area contributed by atoms with E-state index >= 15 is 0 Å². The number of ether oxygens (including phenoxy) is 1. The highest BCUT2D eigenvalue weighted by atomic mass is 16.5. The van der Waals surface area contributed by atoms with Crippen molar-refractivity contribution in [2.45, 2.75) is 32.7 Å². The van der Waals surface area contributed by atoms with Gasteiger partial charge >= 0.3 is 5.97 Å². The van der Waals surface area contributed by atoms with Crippen molar-refractivity contribution in [3.63, 3.8) is 0 Å². The fourth-order valence-electron chi connectivity index (χ4n) is 2.30. The summed E-state index contributed by atoms with van der Waals surface area (Å²) in [6.07, 6.45) is 1.74. The summed E-state index contributed by atoms with van der Waals surface area (Å²) in [7, 11) is 0. The maximum atomic E-state index is 12.4. The molecule has 0 bridgehead atoms. The molecule has 0 aliphatic rings. The molecular formula is C19H21NO3. The largest absolute Gasteiger partial charge is 0.426 e. The van der Waals surface area contributed by atoms with Crippen molar-refractivity contribution in [1.29, 1.82) is 0 Å². The Hall–Kier alpha value is -2.62. The lowest BCUT2D eigenvalue weighted by Crippen LogP contribution is -2.33. The van der Waals surface area contributed by atoms with E-state index in [2.05, 4.69) is 17.4 Å². The lowest BCUT2D eigenvalue weighted by Gasteiger charge is -2.15. The van der Waals surface area contributed by atoms with Crippen molar-refractivity contribution in [1.82, 2.24) is 5.32 Å². The zero-order chi connectivity index (χ0) is 16.7. The van der Waals surface area contributed by atoms with E-state index in [4.69, 9.17) is 4.74 Å². The standard InChI is InChI=1S/C19H21NO3/c1-14(12-13-16-8-4-3-5-9-16)20-19(22)17-10-6-7-11-18(17)23-15(2)21/h3-11,14H,12-13H2,1-2H3,(H,20,22)/t14-/m0/s1. The van der Waals surface area contributed by atoms with E-state index in [-0.39, 0.29) is 17.7 Å². The number of carbonyl (C=O) groups excluding carboxylic acids is 2. The summed E-state index contributed by atoms with van der Waals surface area (Å²) >= 11 is 0. The third-order valence-electron chi connectivity index (χ3n) is 3.47. The van der Waals surface area contributed by atoms with Gasteiger partial charge in [-0.2, -0.15) is 0 Å². The number of benzene rings is 2. The van der Waals surface area contributed by atoms with E-state index in [1.165, 1.54) is 12.5 Å². The summed E-state index contributed by atoms with van der Waals surface area (Å²) < 4.78 is 5.08. The maximum Gasteiger partial charge on any atom is 0.308 e. The summed E-state index contributed by atoms with van der Waals surface area (Å²) in [5.41, 5.74) is 1.61. The van der Waals surface area contributed by atoms with Crippen LogP contribution in [0.4, 0.5) is 0 Å². The second-order valence-corrected chi connectivity index (χ2v) is 5.49. The van der Waals surface area contributed by atoms with Gasteiger partial charge in [0.15, 0.2) is 0 Å². The molecular weight excluding hydrogens is 290 g/mol. The van der Waals surface area contributed by atoms with Gasteiger partial charge in [-0.15, -0.1) is 0 Å². The monoisotopic (exact) mass is 311 g/mol. The van der Waals surface area contributed by atoms with E-state index in [1.807, 2.05) is 25.1 Å². The molecule has 0 saturated carbocycles. The van der Waals surface area contributed by atoms with E-state index in [0.29, 0.717) is 5.56 Å². The minimum atomic E-state index is -0.442. The van der Waals surface area contributed by atoms with Gasteiger partial charge in [0.2, 0.25) is 0 Å². The first-order valence-electron chi connectivity index (χ1n) is 7.68. The second-order valence-electron chi connectivity index (χ2n) is 5.49. The zero-order valence-electron chi connectivity index (χ0n) is 13.4. The van der Waals surface area contributed by atoms with E-state index < -0.39 is 5.97 Å². The molecule has 2 aromatic rings. The Kier molecular flexibility index (Phi) is 5.92. The molecule has 4 nitrogen and oxygen atoms in total. The Morgan fingerprint density at radius 2 is 1.70 bits per heavy atom. The number of rotatable bonds is 6. The van der Waals surface area contributed by atoms with Crippen molar-refractivity contribution in [3.8, 4) is 5.75 Å². The molecule has 23 heavy (non-hydrogen) atoms. The smallest absolute Gasteiger partial charge is 0.308 e. The Morgan fingerprint density at radius 1 is 1.04 bits per heavy atom. The van der Waals surface area contributed by atoms with Crippen LogP contribution in [0.1, 0.15) is 36.2 Å². The third-order valence-corrected chi connectivity index (χ3v) is 3.47. The van der Waals surface area contributed by atoms with E-state index in [1.54, 1.807) is 24.3 Å². The van der Waals surface area contributed by atoms with Gasteiger partial charge in [-0.3, -0.25) is 9.59 Å². The van der Waals surface area contributed by atoms with Crippen LogP contribution in [-0.4, -0.2) is 17.9 Å². The Labute approximate surface area is 136 Å². The molecule has 0 radical (unpaired) electrons. The van der Waals surface area contributed by atoms with E-state index in [9.17, 15) is 9.59 Å². The van der Waals surface area contributed by atoms with Crippen LogP contribution in [0.15, 0.2) is 54.6 Å². The molecule has 2 aromatic carbocycles. The van der Waals surface area contributed by atoms with Crippen LogP contribution in [0, 0.1) is 0 Å². The number of amides is 1. The molecule has 1 N–H and O–H groups in total. The van der Waals surface area contributed by atoms with Crippen molar-refractivity contribution < 1.29 is 14.3 Å². The lowest BCUT2D eigenvalue weighted by molar-refractivity contribution is -0.131. The van der Waals surface area contributed by atoms with Crippen molar-refractivity contribution in [2.75, 3.05) is 0 Å². The van der Waals surface area contributed by atoms with Crippen LogP contribution < -0.4 is 10.1 Å². The van der Waals surface area contributed by atoms with Gasteiger partial charge in [0.1, 0.15) is 5.75 Å². The third kappa shape index (κ3) is 5.25. The van der Waals surface area contributed by atoms with Gasteiger partial charge in [-0.25, -0.2) is 0 Å². The predicted molar refractivity (Wildman–Crippen MR) is 89.4 cm³/mol. The predicted octanol–water partition coefficient (Wildman–Crippen LogP) is 3.36. The number of hydrogen-bond donors (Lipinski definition) is 1. The lowest BCUT2D eigenvalue weighted by atomic mass is 10.1. The van der Waals surface area contributed by atoms with E-state index in [0.717, 1.165) is 12.8 Å². The van der Waals surface area contributed by atoms with Crippen LogP contribution >= 0.6 is 0 Å². The normalized spacial score (nSPS) is 11.6. The van der Waals surface area contributed by atoms with Crippen molar-refractivity contribution in [2.24, 2.45) is 0 Å². The molecule has 0 unspecified atom stereocenters. The molecule has 0 aliphatic carbocycles.